The molecule has 0 spiro atoms. The molecule has 0 saturated heterocycles. The van der Waals surface area contributed by atoms with Crippen molar-refractivity contribution >= 4 is 5.78 Å². The Balaban J connectivity index is 3.80. The van der Waals surface area contributed by atoms with Crippen molar-refractivity contribution in [1.82, 2.24) is 0 Å². The summed E-state index contributed by atoms with van der Waals surface area (Å²) in [6, 6.07) is 0. The molecule has 0 saturated carbocycles. The van der Waals surface area contributed by atoms with Crippen molar-refractivity contribution in [2.75, 3.05) is 0 Å². The molecule has 0 aromatic rings. The molecular formula is C15H30O. The van der Waals surface area contributed by atoms with E-state index in [2.05, 4.69) is 41.5 Å². The van der Waals surface area contributed by atoms with Gasteiger partial charge in [0.1, 0.15) is 5.78 Å². The van der Waals surface area contributed by atoms with Crippen LogP contribution in [0.15, 0.2) is 0 Å². The lowest BCUT2D eigenvalue weighted by atomic mass is 9.89. The molecule has 0 aliphatic rings. The van der Waals surface area contributed by atoms with E-state index in [0.29, 0.717) is 29.5 Å². The minimum Gasteiger partial charge on any atom is -0.300 e. The minimum atomic E-state index is 0.460. The highest BCUT2D eigenvalue weighted by Gasteiger charge is 2.14. The summed E-state index contributed by atoms with van der Waals surface area (Å²) in [6.45, 7) is 13.3. The van der Waals surface area contributed by atoms with Crippen LogP contribution in [0.5, 0.6) is 0 Å². The number of ketones is 1. The van der Waals surface area contributed by atoms with Crippen molar-refractivity contribution in [2.24, 2.45) is 23.7 Å². The van der Waals surface area contributed by atoms with Crippen LogP contribution in [0.1, 0.15) is 67.2 Å². The zero-order valence-electron chi connectivity index (χ0n) is 12.0. The normalized spacial score (nSPS) is 15.5. The van der Waals surface area contributed by atoms with Crippen molar-refractivity contribution in [1.29, 1.82) is 0 Å². The lowest BCUT2D eigenvalue weighted by molar-refractivity contribution is -0.120. The fourth-order valence-corrected chi connectivity index (χ4v) is 2.64. The van der Waals surface area contributed by atoms with E-state index in [4.69, 9.17) is 0 Å². The summed E-state index contributed by atoms with van der Waals surface area (Å²) in [5.74, 6) is 2.98. The number of rotatable bonds is 8. The molecule has 96 valence electrons. The molecule has 16 heavy (non-hydrogen) atoms. The van der Waals surface area contributed by atoms with Crippen LogP contribution in [0.2, 0.25) is 0 Å². The minimum absolute atomic E-state index is 0.460. The Hall–Kier alpha value is -0.330. The van der Waals surface area contributed by atoms with Gasteiger partial charge in [0.25, 0.3) is 0 Å². The first-order valence-corrected chi connectivity index (χ1v) is 6.82. The van der Waals surface area contributed by atoms with E-state index in [1.165, 1.54) is 12.8 Å². The van der Waals surface area contributed by atoms with Crippen LogP contribution in [0.25, 0.3) is 0 Å². The van der Waals surface area contributed by atoms with Crippen LogP contribution in [-0.4, -0.2) is 5.78 Å². The number of carbonyl (C=O) groups excluding carboxylic acids is 1. The molecule has 1 nitrogen and oxygen atoms in total. The van der Waals surface area contributed by atoms with Crippen molar-refractivity contribution in [2.45, 2.75) is 67.2 Å². The third-order valence-electron chi connectivity index (χ3n) is 2.90. The van der Waals surface area contributed by atoms with Crippen molar-refractivity contribution in [3.8, 4) is 0 Å². The lowest BCUT2D eigenvalue weighted by Gasteiger charge is -2.16. The van der Waals surface area contributed by atoms with Gasteiger partial charge < -0.3 is 0 Å². The van der Waals surface area contributed by atoms with Crippen LogP contribution in [0.4, 0.5) is 0 Å². The Labute approximate surface area is 102 Å². The van der Waals surface area contributed by atoms with Gasteiger partial charge in [0.15, 0.2) is 0 Å². The predicted molar refractivity (Wildman–Crippen MR) is 71.5 cm³/mol. The molecular weight excluding hydrogens is 196 g/mol. The highest BCUT2D eigenvalue weighted by molar-refractivity contribution is 5.78. The Morgan fingerprint density at radius 1 is 0.750 bits per heavy atom. The smallest absolute Gasteiger partial charge is 0.133 e. The molecule has 0 aromatic carbocycles. The van der Waals surface area contributed by atoms with E-state index in [-0.39, 0.29) is 0 Å². The molecule has 0 bridgehead atoms. The Bertz CT molecular complexity index is 174. The summed E-state index contributed by atoms with van der Waals surface area (Å²) < 4.78 is 0. The van der Waals surface area contributed by atoms with E-state index >= 15 is 0 Å². The van der Waals surface area contributed by atoms with Gasteiger partial charge in [-0.1, -0.05) is 41.5 Å². The van der Waals surface area contributed by atoms with Gasteiger partial charge in [0, 0.05) is 12.8 Å². The Morgan fingerprint density at radius 2 is 1.06 bits per heavy atom. The van der Waals surface area contributed by atoms with Crippen molar-refractivity contribution < 1.29 is 4.79 Å². The second-order valence-corrected chi connectivity index (χ2v) is 6.42. The zero-order chi connectivity index (χ0) is 12.7. The van der Waals surface area contributed by atoms with Gasteiger partial charge in [-0.15, -0.1) is 0 Å². The number of hydrogen-bond acceptors (Lipinski definition) is 1. The van der Waals surface area contributed by atoms with Crippen LogP contribution < -0.4 is 0 Å². The molecule has 0 N–H and O–H groups in total. The van der Waals surface area contributed by atoms with Gasteiger partial charge in [-0.25, -0.2) is 0 Å². The molecule has 0 rings (SSSR count). The highest BCUT2D eigenvalue weighted by atomic mass is 16.1. The van der Waals surface area contributed by atoms with Crippen LogP contribution >= 0.6 is 0 Å². The summed E-state index contributed by atoms with van der Waals surface area (Å²) in [5, 5.41) is 0. The molecule has 2 unspecified atom stereocenters. The predicted octanol–water partition coefficient (Wildman–Crippen LogP) is 4.70. The Morgan fingerprint density at radius 3 is 1.31 bits per heavy atom. The maximum atomic E-state index is 11.8. The third-order valence-corrected chi connectivity index (χ3v) is 2.90. The quantitative estimate of drug-likeness (QED) is 0.586. The summed E-state index contributed by atoms with van der Waals surface area (Å²) in [6.07, 6.45) is 3.90. The highest BCUT2D eigenvalue weighted by Crippen LogP contribution is 2.20. The molecule has 2 atom stereocenters. The standard InChI is InChI=1S/C15H30O/c1-11(2)7-13(5)9-15(16)10-14(6)8-12(3)4/h11-14H,7-10H2,1-6H3. The van der Waals surface area contributed by atoms with Crippen LogP contribution in [-0.2, 0) is 4.79 Å². The molecule has 0 aromatic heterocycles. The molecule has 0 radical (unpaired) electrons. The molecule has 0 fully saturated rings. The summed E-state index contributed by atoms with van der Waals surface area (Å²) in [4.78, 5) is 11.8. The average Bonchev–Trinajstić information content (AvgIpc) is 1.97. The van der Waals surface area contributed by atoms with Gasteiger partial charge >= 0.3 is 0 Å². The van der Waals surface area contributed by atoms with Crippen LogP contribution in [0, 0.1) is 23.7 Å². The fourth-order valence-electron chi connectivity index (χ4n) is 2.64. The van der Waals surface area contributed by atoms with Gasteiger partial charge in [-0.3, -0.25) is 4.79 Å². The van der Waals surface area contributed by atoms with E-state index < -0.39 is 0 Å². The van der Waals surface area contributed by atoms with E-state index in [1.54, 1.807) is 0 Å². The molecule has 0 amide bonds. The second kappa shape index (κ2) is 7.86. The lowest BCUT2D eigenvalue weighted by Crippen LogP contribution is -2.12. The second-order valence-electron chi connectivity index (χ2n) is 6.42. The monoisotopic (exact) mass is 226 g/mol. The topological polar surface area (TPSA) is 17.1 Å². The van der Waals surface area contributed by atoms with Gasteiger partial charge in [-0.2, -0.15) is 0 Å². The number of hydrogen-bond donors (Lipinski definition) is 0. The zero-order valence-corrected chi connectivity index (χ0v) is 12.0. The van der Waals surface area contributed by atoms with Gasteiger partial charge in [-0.05, 0) is 36.5 Å². The maximum absolute atomic E-state index is 11.8. The maximum Gasteiger partial charge on any atom is 0.133 e. The van der Waals surface area contributed by atoms with Crippen LogP contribution in [0.3, 0.4) is 0 Å². The van der Waals surface area contributed by atoms with E-state index in [1.807, 2.05) is 0 Å². The van der Waals surface area contributed by atoms with Gasteiger partial charge in [0.05, 0.1) is 0 Å². The fraction of sp³-hybridized carbons (Fsp3) is 0.933. The summed E-state index contributed by atoms with van der Waals surface area (Å²) in [5.41, 5.74) is 0. The SMILES string of the molecule is CC(C)CC(C)CC(=O)CC(C)CC(C)C. The molecule has 0 aliphatic carbocycles. The summed E-state index contributed by atoms with van der Waals surface area (Å²) >= 11 is 0. The molecule has 0 heterocycles. The molecule has 0 aliphatic heterocycles. The first-order chi connectivity index (χ1) is 7.31. The van der Waals surface area contributed by atoms with Crippen molar-refractivity contribution in [3.05, 3.63) is 0 Å². The molecule has 1 heteroatoms. The number of carbonyl (C=O) groups is 1. The first-order valence-electron chi connectivity index (χ1n) is 6.82. The first kappa shape index (κ1) is 15.7. The van der Waals surface area contributed by atoms with Gasteiger partial charge in [0.2, 0.25) is 0 Å². The van der Waals surface area contributed by atoms with E-state index in [9.17, 15) is 4.79 Å². The Kier molecular flexibility index (Phi) is 7.70. The van der Waals surface area contributed by atoms with E-state index in [0.717, 1.165) is 12.8 Å². The average molecular weight is 226 g/mol. The summed E-state index contributed by atoms with van der Waals surface area (Å²) in [7, 11) is 0. The third kappa shape index (κ3) is 8.94. The number of Topliss-reactive ketones (excluding diaryl/α,β-unsaturated/α-hetero) is 1. The van der Waals surface area contributed by atoms with Crippen molar-refractivity contribution in [3.63, 3.8) is 0 Å². The largest absolute Gasteiger partial charge is 0.300 e.